The fourth-order valence-corrected chi connectivity index (χ4v) is 3.11. The van der Waals surface area contributed by atoms with Crippen molar-refractivity contribution >= 4 is 11.3 Å². The lowest BCUT2D eigenvalue weighted by Crippen LogP contribution is -2.38. The lowest BCUT2D eigenvalue weighted by atomic mass is 9.98. The molecule has 0 bridgehead atoms. The highest BCUT2D eigenvalue weighted by atomic mass is 32.1. The van der Waals surface area contributed by atoms with Crippen LogP contribution in [0, 0.1) is 5.92 Å². The molecule has 0 saturated heterocycles. The minimum absolute atomic E-state index is 0.257. The average molecular weight is 308 g/mol. The van der Waals surface area contributed by atoms with Crippen LogP contribution in [-0.2, 0) is 6.54 Å². The van der Waals surface area contributed by atoms with E-state index in [4.69, 9.17) is 0 Å². The van der Waals surface area contributed by atoms with Crippen LogP contribution in [-0.4, -0.2) is 23.0 Å². The first-order valence-corrected chi connectivity index (χ1v) is 8.30. The molecule has 3 nitrogen and oxygen atoms in total. The monoisotopic (exact) mass is 307 g/mol. The summed E-state index contributed by atoms with van der Waals surface area (Å²) in [4.78, 5) is 7.87. The molecule has 0 amide bonds. The molecule has 21 heavy (non-hydrogen) atoms. The molecule has 0 aliphatic heterocycles. The van der Waals surface area contributed by atoms with Crippen LogP contribution >= 0.6 is 11.3 Å². The van der Waals surface area contributed by atoms with Crippen LogP contribution in [0.3, 0.4) is 0 Å². The molecule has 1 N–H and O–H groups in total. The van der Waals surface area contributed by atoms with E-state index in [-0.39, 0.29) is 6.04 Å². The van der Waals surface area contributed by atoms with E-state index in [2.05, 4.69) is 70.0 Å². The highest BCUT2D eigenvalue weighted by Crippen LogP contribution is 2.22. The minimum atomic E-state index is 0.257. The number of hydrogen-bond donors (Lipinski definition) is 1. The molecule has 0 aliphatic rings. The van der Waals surface area contributed by atoms with Crippen molar-refractivity contribution in [2.75, 3.05) is 7.05 Å². The van der Waals surface area contributed by atoms with Gasteiger partial charge in [0.1, 0.15) is 0 Å². The molecule has 0 saturated carbocycles. The molecule has 1 heterocycles. The molecule has 0 aromatic carbocycles. The van der Waals surface area contributed by atoms with Gasteiger partial charge in [-0.15, -0.1) is 11.3 Å². The van der Waals surface area contributed by atoms with E-state index in [1.165, 1.54) is 9.88 Å². The molecule has 1 aromatic heterocycles. The van der Waals surface area contributed by atoms with E-state index < -0.39 is 0 Å². The van der Waals surface area contributed by atoms with Crippen LogP contribution in [0.25, 0.3) is 0 Å². The largest absolute Gasteiger partial charge is 0.366 e. The van der Waals surface area contributed by atoms with Crippen molar-refractivity contribution in [3.63, 3.8) is 0 Å². The lowest BCUT2D eigenvalue weighted by Gasteiger charge is -2.29. The third-order valence-electron chi connectivity index (χ3n) is 3.44. The fraction of sp³-hybridized carbons (Fsp3) is 0.588. The highest BCUT2D eigenvalue weighted by Gasteiger charge is 2.16. The molecule has 0 aliphatic carbocycles. The quantitative estimate of drug-likeness (QED) is 0.723. The SMILES string of the molecule is C=C(C)C(NC(=C)N(C)Cc1cnc(C(C)C)s1)C(C)C. The number of hydrogen-bond acceptors (Lipinski definition) is 4. The van der Waals surface area contributed by atoms with Crippen LogP contribution in [0.5, 0.6) is 0 Å². The molecular weight excluding hydrogens is 278 g/mol. The minimum Gasteiger partial charge on any atom is -0.366 e. The standard InChI is InChI=1S/C17H29N3S/c1-11(2)16(12(3)4)19-14(7)20(8)10-15-9-18-17(21-15)13(5)6/h9,12-13,16,19H,1,7,10H2,2-6,8H3. The summed E-state index contributed by atoms with van der Waals surface area (Å²) >= 11 is 1.78. The summed E-state index contributed by atoms with van der Waals surface area (Å²) < 4.78 is 0. The summed E-state index contributed by atoms with van der Waals surface area (Å²) in [6.45, 7) is 19.8. The second-order valence-corrected chi connectivity index (χ2v) is 7.48. The predicted octanol–water partition coefficient (Wildman–Crippen LogP) is 4.36. The Morgan fingerprint density at radius 3 is 2.38 bits per heavy atom. The topological polar surface area (TPSA) is 28.2 Å². The van der Waals surface area contributed by atoms with E-state index in [1.54, 1.807) is 11.3 Å². The van der Waals surface area contributed by atoms with E-state index >= 15 is 0 Å². The van der Waals surface area contributed by atoms with Gasteiger partial charge in [-0.3, -0.25) is 0 Å². The van der Waals surface area contributed by atoms with Crippen molar-refractivity contribution < 1.29 is 0 Å². The van der Waals surface area contributed by atoms with Crippen molar-refractivity contribution in [3.8, 4) is 0 Å². The van der Waals surface area contributed by atoms with Crippen molar-refractivity contribution in [2.24, 2.45) is 5.92 Å². The molecule has 0 radical (unpaired) electrons. The third-order valence-corrected chi connectivity index (χ3v) is 4.72. The third kappa shape index (κ3) is 5.20. The lowest BCUT2D eigenvalue weighted by molar-refractivity contribution is 0.349. The Bertz CT molecular complexity index is 488. The first-order valence-electron chi connectivity index (χ1n) is 7.49. The molecule has 0 spiro atoms. The van der Waals surface area contributed by atoms with E-state index in [1.807, 2.05) is 6.20 Å². The zero-order chi connectivity index (χ0) is 16.2. The zero-order valence-corrected chi connectivity index (χ0v) is 15.0. The average Bonchev–Trinajstić information content (AvgIpc) is 2.83. The predicted molar refractivity (Wildman–Crippen MR) is 93.4 cm³/mol. The van der Waals surface area contributed by atoms with Gasteiger partial charge in [0.15, 0.2) is 0 Å². The first-order chi connectivity index (χ1) is 9.72. The Balaban J connectivity index is 2.63. The van der Waals surface area contributed by atoms with Gasteiger partial charge in [-0.1, -0.05) is 46.4 Å². The molecule has 1 aromatic rings. The Morgan fingerprint density at radius 2 is 1.95 bits per heavy atom. The molecular formula is C17H29N3S. The molecule has 1 unspecified atom stereocenters. The maximum Gasteiger partial charge on any atom is 0.0953 e. The highest BCUT2D eigenvalue weighted by molar-refractivity contribution is 7.11. The first kappa shape index (κ1) is 17.8. The maximum absolute atomic E-state index is 4.47. The van der Waals surface area contributed by atoms with Gasteiger partial charge in [-0.2, -0.15) is 0 Å². The van der Waals surface area contributed by atoms with Crippen molar-refractivity contribution in [1.29, 1.82) is 0 Å². The maximum atomic E-state index is 4.47. The van der Waals surface area contributed by atoms with Gasteiger partial charge in [0, 0.05) is 24.0 Å². The summed E-state index contributed by atoms with van der Waals surface area (Å²) in [6.07, 6.45) is 1.97. The van der Waals surface area contributed by atoms with Crippen molar-refractivity contribution in [1.82, 2.24) is 15.2 Å². The Morgan fingerprint density at radius 1 is 1.33 bits per heavy atom. The van der Waals surface area contributed by atoms with Crippen molar-refractivity contribution in [3.05, 3.63) is 40.6 Å². The smallest absolute Gasteiger partial charge is 0.0953 e. The van der Waals surface area contributed by atoms with Gasteiger partial charge < -0.3 is 10.2 Å². The van der Waals surface area contributed by atoms with Gasteiger partial charge in [-0.25, -0.2) is 4.98 Å². The van der Waals surface area contributed by atoms with E-state index in [0.29, 0.717) is 11.8 Å². The van der Waals surface area contributed by atoms with E-state index in [9.17, 15) is 0 Å². The summed E-state index contributed by atoms with van der Waals surface area (Å²) in [5, 5.41) is 4.68. The van der Waals surface area contributed by atoms with Crippen LogP contribution in [0.15, 0.2) is 30.7 Å². The Labute approximate surface area is 133 Å². The molecule has 1 atom stereocenters. The molecule has 118 valence electrons. The van der Waals surface area contributed by atoms with Gasteiger partial charge in [-0.05, 0) is 12.8 Å². The Hall–Kier alpha value is -1.29. The molecule has 4 heteroatoms. The second kappa shape index (κ2) is 7.64. The van der Waals surface area contributed by atoms with Crippen LogP contribution in [0.2, 0.25) is 0 Å². The summed E-state index contributed by atoms with van der Waals surface area (Å²) in [5.74, 6) is 1.91. The number of rotatable bonds is 8. The fourth-order valence-electron chi connectivity index (χ4n) is 2.14. The van der Waals surface area contributed by atoms with Crippen molar-refractivity contribution in [2.45, 2.75) is 53.1 Å². The number of aromatic nitrogens is 1. The van der Waals surface area contributed by atoms with Gasteiger partial charge in [0.05, 0.1) is 23.4 Å². The summed E-state index contributed by atoms with van der Waals surface area (Å²) in [5.41, 5.74) is 1.14. The number of nitrogens with zero attached hydrogens (tertiary/aromatic N) is 2. The second-order valence-electron chi connectivity index (χ2n) is 6.33. The number of nitrogens with one attached hydrogen (secondary N) is 1. The van der Waals surface area contributed by atoms with E-state index in [0.717, 1.165) is 17.9 Å². The Kier molecular flexibility index (Phi) is 6.46. The van der Waals surface area contributed by atoms with Crippen LogP contribution < -0.4 is 5.32 Å². The molecule has 0 fully saturated rings. The zero-order valence-electron chi connectivity index (χ0n) is 14.2. The number of thiazole rings is 1. The van der Waals surface area contributed by atoms with Crippen LogP contribution in [0.1, 0.15) is 50.4 Å². The van der Waals surface area contributed by atoms with Gasteiger partial charge in [0.2, 0.25) is 0 Å². The molecule has 1 rings (SSSR count). The van der Waals surface area contributed by atoms with Gasteiger partial charge in [0.25, 0.3) is 0 Å². The van der Waals surface area contributed by atoms with Crippen LogP contribution in [0.4, 0.5) is 0 Å². The van der Waals surface area contributed by atoms with Gasteiger partial charge >= 0.3 is 0 Å². The normalized spacial score (nSPS) is 12.6. The summed E-state index contributed by atoms with van der Waals surface area (Å²) in [6, 6.07) is 0.257. The summed E-state index contributed by atoms with van der Waals surface area (Å²) in [7, 11) is 2.06.